The van der Waals surface area contributed by atoms with Crippen LogP contribution in [0.3, 0.4) is 0 Å². The highest BCUT2D eigenvalue weighted by molar-refractivity contribution is 5.99. The zero-order chi connectivity index (χ0) is 29.6. The second-order valence-electron chi connectivity index (χ2n) is 11.8. The number of amides is 3. The molecule has 3 rings (SSSR count). The van der Waals surface area contributed by atoms with Crippen molar-refractivity contribution in [3.05, 3.63) is 53.6 Å². The number of ether oxygens (including phenoxy) is 2. The van der Waals surface area contributed by atoms with Crippen molar-refractivity contribution in [2.75, 3.05) is 12.4 Å². The van der Waals surface area contributed by atoms with Crippen molar-refractivity contribution in [3.63, 3.8) is 0 Å². The molecule has 9 heteroatoms. The third-order valence-electron chi connectivity index (χ3n) is 6.87. The Morgan fingerprint density at radius 3 is 2.25 bits per heavy atom. The van der Waals surface area contributed by atoms with E-state index < -0.39 is 29.7 Å². The van der Waals surface area contributed by atoms with Gasteiger partial charge in [0.05, 0.1) is 7.11 Å². The van der Waals surface area contributed by atoms with Gasteiger partial charge in [0, 0.05) is 17.3 Å². The number of para-hydroxylation sites is 1. The number of hydrogen-bond acceptors (Lipinski definition) is 6. The molecule has 9 nitrogen and oxygen atoms in total. The number of methoxy groups -OCH3 is 1. The lowest BCUT2D eigenvalue weighted by atomic mass is 9.87. The summed E-state index contributed by atoms with van der Waals surface area (Å²) in [5, 5.41) is 16.8. The summed E-state index contributed by atoms with van der Waals surface area (Å²) in [6, 6.07) is 9.78. The Bertz CT molecular complexity index is 1180. The van der Waals surface area contributed by atoms with Crippen molar-refractivity contribution >= 4 is 23.6 Å². The van der Waals surface area contributed by atoms with Gasteiger partial charge < -0.3 is 30.1 Å². The molecule has 0 bridgehead atoms. The van der Waals surface area contributed by atoms with E-state index in [1.54, 1.807) is 82.2 Å². The Morgan fingerprint density at radius 1 is 1.07 bits per heavy atom. The van der Waals surface area contributed by atoms with Crippen LogP contribution in [0.4, 0.5) is 10.5 Å². The number of benzene rings is 2. The highest BCUT2D eigenvalue weighted by Gasteiger charge is 2.43. The molecule has 0 aromatic heterocycles. The number of carbonyl (C=O) groups excluding carboxylic acids is 3. The van der Waals surface area contributed by atoms with Crippen LogP contribution >= 0.6 is 0 Å². The monoisotopic (exact) mass is 553 g/mol. The lowest BCUT2D eigenvalue weighted by Crippen LogP contribution is -2.57. The normalized spacial score (nSPS) is 15.0. The van der Waals surface area contributed by atoms with Crippen molar-refractivity contribution in [2.24, 2.45) is 5.92 Å². The Kier molecular flexibility index (Phi) is 10.1. The lowest BCUT2D eigenvalue weighted by Gasteiger charge is -2.44. The van der Waals surface area contributed by atoms with Crippen molar-refractivity contribution in [1.82, 2.24) is 10.2 Å². The average Bonchev–Trinajstić information content (AvgIpc) is 2.83. The Labute approximate surface area is 237 Å². The van der Waals surface area contributed by atoms with Gasteiger partial charge in [-0.15, -0.1) is 0 Å². The van der Waals surface area contributed by atoms with E-state index in [0.717, 1.165) is 6.42 Å². The van der Waals surface area contributed by atoms with Gasteiger partial charge in [0.2, 0.25) is 5.91 Å². The van der Waals surface area contributed by atoms with Gasteiger partial charge in [0.1, 0.15) is 29.2 Å². The molecule has 1 aliphatic carbocycles. The van der Waals surface area contributed by atoms with Crippen LogP contribution < -0.4 is 15.4 Å². The zero-order valence-corrected chi connectivity index (χ0v) is 24.6. The SMILES string of the molecule is COc1ccc(NC(=O)C(c2cccc(C)c2O)N(C(=O)C(CC(C)C)NC(=O)OC(C)(C)C)C2CCC2)cc1. The molecule has 3 N–H and O–H groups in total. The summed E-state index contributed by atoms with van der Waals surface area (Å²) in [4.78, 5) is 42.7. The number of alkyl carbamates (subject to hydrolysis) is 1. The Morgan fingerprint density at radius 2 is 1.73 bits per heavy atom. The summed E-state index contributed by atoms with van der Waals surface area (Å²) in [6.07, 6.45) is 2.00. The molecule has 40 heavy (non-hydrogen) atoms. The fraction of sp³-hybridized carbons (Fsp3) is 0.516. The van der Waals surface area contributed by atoms with E-state index in [1.807, 2.05) is 13.8 Å². The molecule has 2 aromatic rings. The smallest absolute Gasteiger partial charge is 0.408 e. The third kappa shape index (κ3) is 7.90. The van der Waals surface area contributed by atoms with Crippen molar-refractivity contribution in [3.8, 4) is 11.5 Å². The minimum atomic E-state index is -1.13. The number of nitrogens with one attached hydrogen (secondary N) is 2. The number of hydrogen-bond donors (Lipinski definition) is 3. The summed E-state index contributed by atoms with van der Waals surface area (Å²) in [5.74, 6) is -0.185. The first kappa shape index (κ1) is 30.8. The van der Waals surface area contributed by atoms with Gasteiger partial charge in [0.25, 0.3) is 5.91 Å². The quantitative estimate of drug-likeness (QED) is 0.347. The lowest BCUT2D eigenvalue weighted by molar-refractivity contribution is -0.146. The summed E-state index contributed by atoms with van der Waals surface area (Å²) in [5.41, 5.74) is 0.699. The zero-order valence-electron chi connectivity index (χ0n) is 24.6. The number of aryl methyl sites for hydroxylation is 1. The van der Waals surface area contributed by atoms with Crippen molar-refractivity contribution < 1.29 is 29.0 Å². The van der Waals surface area contributed by atoms with Crippen LogP contribution in [0.1, 0.15) is 77.5 Å². The Balaban J connectivity index is 2.05. The first-order valence-corrected chi connectivity index (χ1v) is 13.9. The second kappa shape index (κ2) is 13.1. The van der Waals surface area contributed by atoms with Crippen LogP contribution in [0.15, 0.2) is 42.5 Å². The predicted octanol–water partition coefficient (Wildman–Crippen LogP) is 5.71. The molecule has 3 amide bonds. The molecule has 0 saturated heterocycles. The third-order valence-corrected chi connectivity index (χ3v) is 6.87. The topological polar surface area (TPSA) is 117 Å². The van der Waals surface area contributed by atoms with Gasteiger partial charge in [-0.25, -0.2) is 4.79 Å². The summed E-state index contributed by atoms with van der Waals surface area (Å²) in [7, 11) is 1.56. The fourth-order valence-corrected chi connectivity index (χ4v) is 4.71. The molecule has 2 aromatic carbocycles. The molecule has 2 atom stereocenters. The van der Waals surface area contributed by atoms with Gasteiger partial charge in [0.15, 0.2) is 0 Å². The first-order valence-electron chi connectivity index (χ1n) is 13.9. The molecule has 1 saturated carbocycles. The number of phenols is 1. The van der Waals surface area contributed by atoms with Gasteiger partial charge in [-0.1, -0.05) is 32.0 Å². The molecule has 0 aliphatic heterocycles. The van der Waals surface area contributed by atoms with Crippen LogP contribution in [-0.4, -0.2) is 52.7 Å². The van der Waals surface area contributed by atoms with Crippen LogP contribution in [0.5, 0.6) is 11.5 Å². The molecular formula is C31H43N3O6. The maximum Gasteiger partial charge on any atom is 0.408 e. The molecule has 218 valence electrons. The van der Waals surface area contributed by atoms with Gasteiger partial charge in [-0.3, -0.25) is 9.59 Å². The standard InChI is InChI=1S/C31H43N3O6/c1-19(2)18-25(33-30(38)40-31(4,5)6)29(37)34(22-11-9-12-22)26(24-13-8-10-20(3)27(24)35)28(36)32-21-14-16-23(39-7)17-15-21/h8,10,13-17,19,22,25-26,35H,9,11-12,18H2,1-7H3,(H,32,36)(H,33,38). The summed E-state index contributed by atoms with van der Waals surface area (Å²) < 4.78 is 10.7. The average molecular weight is 554 g/mol. The van der Waals surface area contributed by atoms with E-state index in [1.165, 1.54) is 0 Å². The minimum absolute atomic E-state index is 0.0463. The highest BCUT2D eigenvalue weighted by atomic mass is 16.6. The van der Waals surface area contributed by atoms with Crippen LogP contribution in [0.25, 0.3) is 0 Å². The first-order chi connectivity index (χ1) is 18.8. The number of aromatic hydroxyl groups is 1. The van der Waals surface area contributed by atoms with Crippen LogP contribution in [0.2, 0.25) is 0 Å². The minimum Gasteiger partial charge on any atom is -0.507 e. The maximum atomic E-state index is 14.3. The largest absolute Gasteiger partial charge is 0.507 e. The molecule has 0 heterocycles. The molecule has 2 unspecified atom stereocenters. The van der Waals surface area contributed by atoms with Crippen LogP contribution in [-0.2, 0) is 14.3 Å². The van der Waals surface area contributed by atoms with Crippen molar-refractivity contribution in [2.45, 2.75) is 91.0 Å². The van der Waals surface area contributed by atoms with Crippen LogP contribution in [0, 0.1) is 12.8 Å². The number of anilines is 1. The molecule has 0 radical (unpaired) electrons. The van der Waals surface area contributed by atoms with E-state index in [0.29, 0.717) is 41.8 Å². The number of phenolic OH excluding ortho intramolecular Hbond substituents is 1. The second-order valence-corrected chi connectivity index (χ2v) is 11.8. The maximum absolute atomic E-state index is 14.3. The molecular weight excluding hydrogens is 510 g/mol. The van der Waals surface area contributed by atoms with E-state index in [9.17, 15) is 19.5 Å². The fourth-order valence-electron chi connectivity index (χ4n) is 4.71. The number of nitrogens with zero attached hydrogens (tertiary/aromatic N) is 1. The molecule has 1 aliphatic rings. The predicted molar refractivity (Wildman–Crippen MR) is 154 cm³/mol. The summed E-state index contributed by atoms with van der Waals surface area (Å²) in [6.45, 7) is 10.9. The van der Waals surface area contributed by atoms with Crippen molar-refractivity contribution in [1.29, 1.82) is 0 Å². The van der Waals surface area contributed by atoms with E-state index in [-0.39, 0.29) is 23.6 Å². The van der Waals surface area contributed by atoms with Gasteiger partial charge >= 0.3 is 6.09 Å². The summed E-state index contributed by atoms with van der Waals surface area (Å²) >= 11 is 0. The Hall–Kier alpha value is -3.75. The van der Waals surface area contributed by atoms with Gasteiger partial charge in [-0.05, 0) is 89.1 Å². The van der Waals surface area contributed by atoms with E-state index in [4.69, 9.17) is 9.47 Å². The molecule has 1 fully saturated rings. The number of carbonyl (C=O) groups is 3. The van der Waals surface area contributed by atoms with E-state index in [2.05, 4.69) is 10.6 Å². The van der Waals surface area contributed by atoms with E-state index >= 15 is 0 Å². The van der Waals surface area contributed by atoms with Gasteiger partial charge in [-0.2, -0.15) is 0 Å². The number of rotatable bonds is 10. The highest BCUT2D eigenvalue weighted by Crippen LogP contribution is 2.38. The molecule has 0 spiro atoms.